The SMILES string of the molecule is CCC(c1sc2c(c1C)C(=O)N(Cc1c(C)cc(C)[nH]c1=O)CC2)N1CCC(N(C)C)CC1. The van der Waals surface area contributed by atoms with Gasteiger partial charge < -0.3 is 14.8 Å². The van der Waals surface area contributed by atoms with E-state index in [0.29, 0.717) is 30.7 Å². The summed E-state index contributed by atoms with van der Waals surface area (Å²) < 4.78 is 0. The molecule has 2 aliphatic heterocycles. The first-order valence-corrected chi connectivity index (χ1v) is 13.0. The number of pyridine rings is 1. The Morgan fingerprint density at radius 3 is 2.45 bits per heavy atom. The van der Waals surface area contributed by atoms with Gasteiger partial charge in [0.05, 0.1) is 12.1 Å². The van der Waals surface area contributed by atoms with Gasteiger partial charge in [-0.15, -0.1) is 11.3 Å². The maximum atomic E-state index is 13.6. The first-order valence-electron chi connectivity index (χ1n) is 12.2. The molecule has 1 unspecified atom stereocenters. The maximum absolute atomic E-state index is 13.6. The molecule has 0 aromatic carbocycles. The second kappa shape index (κ2) is 9.72. The van der Waals surface area contributed by atoms with Gasteiger partial charge in [0, 0.05) is 59.2 Å². The van der Waals surface area contributed by atoms with Crippen LogP contribution in [-0.4, -0.2) is 65.4 Å². The van der Waals surface area contributed by atoms with E-state index < -0.39 is 0 Å². The van der Waals surface area contributed by atoms with E-state index in [1.807, 2.05) is 36.2 Å². The van der Waals surface area contributed by atoms with Crippen molar-refractivity contribution in [2.75, 3.05) is 33.7 Å². The van der Waals surface area contributed by atoms with Crippen molar-refractivity contribution in [2.24, 2.45) is 0 Å². The van der Waals surface area contributed by atoms with E-state index in [2.05, 4.69) is 42.7 Å². The summed E-state index contributed by atoms with van der Waals surface area (Å²) in [5, 5.41) is 0. The molecule has 4 heterocycles. The van der Waals surface area contributed by atoms with E-state index in [9.17, 15) is 9.59 Å². The lowest BCUT2D eigenvalue weighted by molar-refractivity contribution is 0.0727. The standard InChI is InChI=1S/C26H38N4O2S/c1-7-21(29-11-8-19(9-12-29)28(5)6)24-18(4)23-22(33-24)10-13-30(26(23)32)15-20-16(2)14-17(3)27-25(20)31/h14,19,21H,7-13,15H2,1-6H3,(H,27,31). The van der Waals surface area contributed by atoms with Crippen molar-refractivity contribution < 1.29 is 4.79 Å². The number of rotatable bonds is 6. The minimum Gasteiger partial charge on any atom is -0.334 e. The first kappa shape index (κ1) is 24.2. The fourth-order valence-electron chi connectivity index (χ4n) is 5.61. The molecule has 0 spiro atoms. The van der Waals surface area contributed by atoms with Crippen molar-refractivity contribution in [3.8, 4) is 0 Å². The Labute approximate surface area is 201 Å². The van der Waals surface area contributed by atoms with Crippen molar-refractivity contribution in [3.05, 3.63) is 54.1 Å². The van der Waals surface area contributed by atoms with Crippen LogP contribution in [0.5, 0.6) is 0 Å². The van der Waals surface area contributed by atoms with Gasteiger partial charge in [-0.1, -0.05) is 6.92 Å². The van der Waals surface area contributed by atoms with Crippen molar-refractivity contribution in [3.63, 3.8) is 0 Å². The van der Waals surface area contributed by atoms with E-state index in [1.165, 1.54) is 22.6 Å². The van der Waals surface area contributed by atoms with Gasteiger partial charge >= 0.3 is 0 Å². The first-order chi connectivity index (χ1) is 15.7. The van der Waals surface area contributed by atoms with E-state index in [4.69, 9.17) is 0 Å². The third-order valence-electron chi connectivity index (χ3n) is 7.57. The molecule has 0 radical (unpaired) electrons. The largest absolute Gasteiger partial charge is 0.334 e. The molecular formula is C26H38N4O2S. The van der Waals surface area contributed by atoms with Gasteiger partial charge in [0.1, 0.15) is 0 Å². The topological polar surface area (TPSA) is 59.7 Å². The number of H-pyrrole nitrogens is 1. The molecule has 4 rings (SSSR count). The molecular weight excluding hydrogens is 432 g/mol. The molecule has 2 aromatic rings. The Morgan fingerprint density at radius 2 is 1.85 bits per heavy atom. The quantitative estimate of drug-likeness (QED) is 0.692. The normalized spacial score (nSPS) is 18.8. The number of carbonyl (C=O) groups excluding carboxylic acids is 1. The molecule has 2 aromatic heterocycles. The number of hydrogen-bond donors (Lipinski definition) is 1. The summed E-state index contributed by atoms with van der Waals surface area (Å²) in [4.78, 5) is 38.4. The highest BCUT2D eigenvalue weighted by Crippen LogP contribution is 2.40. The van der Waals surface area contributed by atoms with Crippen LogP contribution in [0.25, 0.3) is 0 Å². The minimum absolute atomic E-state index is 0.0804. The van der Waals surface area contributed by atoms with Crippen LogP contribution in [0.3, 0.4) is 0 Å². The van der Waals surface area contributed by atoms with E-state index in [-0.39, 0.29) is 11.5 Å². The van der Waals surface area contributed by atoms with Crippen LogP contribution in [0.4, 0.5) is 0 Å². The molecule has 1 atom stereocenters. The third kappa shape index (κ3) is 4.68. The summed E-state index contributed by atoms with van der Waals surface area (Å²) in [7, 11) is 4.36. The molecule has 0 aliphatic carbocycles. The number of fused-ring (bicyclic) bond motifs is 1. The van der Waals surface area contributed by atoms with Gasteiger partial charge in [-0.2, -0.15) is 0 Å². The Morgan fingerprint density at radius 1 is 1.15 bits per heavy atom. The maximum Gasteiger partial charge on any atom is 0.255 e. The average molecular weight is 471 g/mol. The number of aromatic amines is 1. The van der Waals surface area contributed by atoms with Crippen molar-refractivity contribution in [1.82, 2.24) is 19.7 Å². The van der Waals surface area contributed by atoms with Gasteiger partial charge in [0.25, 0.3) is 11.5 Å². The van der Waals surface area contributed by atoms with Crippen LogP contribution in [-0.2, 0) is 13.0 Å². The lowest BCUT2D eigenvalue weighted by Gasteiger charge is -2.39. The number of piperidine rings is 1. The third-order valence-corrected chi connectivity index (χ3v) is 9.02. The van der Waals surface area contributed by atoms with E-state index in [0.717, 1.165) is 48.3 Å². The number of aromatic nitrogens is 1. The number of thiophene rings is 1. The molecule has 6 nitrogen and oxygen atoms in total. The fraction of sp³-hybridized carbons (Fsp3) is 0.615. The van der Waals surface area contributed by atoms with Crippen molar-refractivity contribution in [1.29, 1.82) is 0 Å². The molecule has 1 N–H and O–H groups in total. The summed E-state index contributed by atoms with van der Waals surface area (Å²) in [6.07, 6.45) is 4.33. The molecule has 2 aliphatic rings. The molecule has 0 saturated carbocycles. The van der Waals surface area contributed by atoms with Crippen LogP contribution in [0.2, 0.25) is 0 Å². The average Bonchev–Trinajstić information content (AvgIpc) is 3.10. The zero-order chi connectivity index (χ0) is 23.9. The predicted molar refractivity (Wildman–Crippen MR) is 135 cm³/mol. The van der Waals surface area contributed by atoms with Gasteiger partial charge in [0.2, 0.25) is 0 Å². The highest BCUT2D eigenvalue weighted by molar-refractivity contribution is 7.12. The van der Waals surface area contributed by atoms with Crippen LogP contribution < -0.4 is 5.56 Å². The van der Waals surface area contributed by atoms with Gasteiger partial charge in [0.15, 0.2) is 0 Å². The lowest BCUT2D eigenvalue weighted by Crippen LogP contribution is -2.43. The number of likely N-dealkylation sites (tertiary alicyclic amines) is 1. The zero-order valence-electron chi connectivity index (χ0n) is 21.0. The monoisotopic (exact) mass is 470 g/mol. The highest BCUT2D eigenvalue weighted by Gasteiger charge is 2.34. The van der Waals surface area contributed by atoms with Gasteiger partial charge in [-0.05, 0) is 71.3 Å². The number of hydrogen-bond acceptors (Lipinski definition) is 5. The highest BCUT2D eigenvalue weighted by atomic mass is 32.1. The van der Waals surface area contributed by atoms with Gasteiger partial charge in [-0.25, -0.2) is 0 Å². The lowest BCUT2D eigenvalue weighted by atomic mass is 9.96. The van der Waals surface area contributed by atoms with Crippen LogP contribution in [0, 0.1) is 20.8 Å². The number of nitrogens with one attached hydrogen (secondary N) is 1. The molecule has 180 valence electrons. The van der Waals surface area contributed by atoms with Crippen LogP contribution in [0.15, 0.2) is 10.9 Å². The fourth-order valence-corrected chi connectivity index (χ4v) is 7.11. The summed E-state index contributed by atoms with van der Waals surface area (Å²) >= 11 is 1.85. The van der Waals surface area contributed by atoms with Gasteiger partial charge in [-0.3, -0.25) is 14.5 Å². The molecule has 1 amide bonds. The second-order valence-electron chi connectivity index (χ2n) is 9.96. The van der Waals surface area contributed by atoms with E-state index in [1.54, 1.807) is 0 Å². The molecule has 33 heavy (non-hydrogen) atoms. The van der Waals surface area contributed by atoms with Crippen molar-refractivity contribution >= 4 is 17.2 Å². The predicted octanol–water partition coefficient (Wildman–Crippen LogP) is 4.04. The van der Waals surface area contributed by atoms with Crippen LogP contribution in [0.1, 0.15) is 74.7 Å². The summed E-state index contributed by atoms with van der Waals surface area (Å²) in [5.74, 6) is 0.0804. The molecule has 0 bridgehead atoms. The number of carbonyl (C=O) groups is 1. The summed E-state index contributed by atoms with van der Waals surface area (Å²) in [6, 6.07) is 3.03. The number of aryl methyl sites for hydroxylation is 2. The minimum atomic E-state index is -0.0824. The summed E-state index contributed by atoms with van der Waals surface area (Å²) in [5.41, 5.74) is 4.46. The van der Waals surface area contributed by atoms with E-state index >= 15 is 0 Å². The molecule has 1 fully saturated rings. The number of amides is 1. The van der Waals surface area contributed by atoms with Crippen LogP contribution >= 0.6 is 11.3 Å². The number of nitrogens with zero attached hydrogens (tertiary/aromatic N) is 3. The zero-order valence-corrected chi connectivity index (χ0v) is 21.8. The van der Waals surface area contributed by atoms with Crippen molar-refractivity contribution in [2.45, 2.75) is 72.0 Å². The Kier molecular flexibility index (Phi) is 7.12. The smallest absolute Gasteiger partial charge is 0.255 e. The Balaban J connectivity index is 1.56. The molecule has 7 heteroatoms. The Hall–Kier alpha value is -1.96. The second-order valence-corrected chi connectivity index (χ2v) is 11.1. The Bertz CT molecular complexity index is 1080. The molecule has 1 saturated heterocycles. The summed E-state index contributed by atoms with van der Waals surface area (Å²) in [6.45, 7) is 11.5.